The molecule has 2 rings (SSSR count). The van der Waals surface area contributed by atoms with Crippen LogP contribution in [0.3, 0.4) is 0 Å². The number of thiophene rings is 1. The molecule has 0 saturated carbocycles. The van der Waals surface area contributed by atoms with Crippen LogP contribution < -0.4 is 4.90 Å². The van der Waals surface area contributed by atoms with Gasteiger partial charge >= 0.3 is 5.97 Å². The van der Waals surface area contributed by atoms with E-state index in [9.17, 15) is 14.7 Å². The topological polar surface area (TPSA) is 77.8 Å². The lowest BCUT2D eigenvalue weighted by molar-refractivity contribution is -0.136. The van der Waals surface area contributed by atoms with Crippen LogP contribution in [-0.4, -0.2) is 28.6 Å². The summed E-state index contributed by atoms with van der Waals surface area (Å²) < 4.78 is 0. The van der Waals surface area contributed by atoms with Gasteiger partial charge in [-0.25, -0.2) is 0 Å². The molecule has 0 saturated heterocycles. The Hall–Kier alpha value is -2.60. The summed E-state index contributed by atoms with van der Waals surface area (Å²) in [6, 6.07) is 9.52. The maximum atomic E-state index is 12.2. The van der Waals surface area contributed by atoms with Crippen molar-refractivity contribution in [2.24, 2.45) is 0 Å². The van der Waals surface area contributed by atoms with E-state index in [4.69, 9.17) is 5.11 Å². The Bertz CT molecular complexity index is 647. The number of hydrogen-bond donors (Lipinski definition) is 2. The molecule has 0 atom stereocenters. The first-order valence-electron chi connectivity index (χ1n) is 6.10. The summed E-state index contributed by atoms with van der Waals surface area (Å²) in [4.78, 5) is 25.1. The van der Waals surface area contributed by atoms with Crippen LogP contribution in [0, 0.1) is 0 Å². The Morgan fingerprint density at radius 3 is 2.48 bits per heavy atom. The summed E-state index contributed by atoms with van der Waals surface area (Å²) in [6.07, 6.45) is 2.98. The zero-order valence-corrected chi connectivity index (χ0v) is 11.8. The van der Waals surface area contributed by atoms with Crippen molar-refractivity contribution >= 4 is 35.0 Å². The van der Waals surface area contributed by atoms with Crippen LogP contribution in [0.5, 0.6) is 5.75 Å². The van der Waals surface area contributed by atoms with Crippen molar-refractivity contribution in [2.45, 2.75) is 0 Å². The van der Waals surface area contributed by atoms with Gasteiger partial charge in [-0.1, -0.05) is 6.07 Å². The number of carbonyl (C=O) groups is 2. The third-order valence-corrected chi connectivity index (χ3v) is 3.49. The normalized spacial score (nSPS) is 10.7. The lowest BCUT2D eigenvalue weighted by atomic mass is 10.2. The van der Waals surface area contributed by atoms with Gasteiger partial charge < -0.3 is 10.2 Å². The van der Waals surface area contributed by atoms with Crippen molar-refractivity contribution in [1.29, 1.82) is 0 Å². The number of benzene rings is 1. The van der Waals surface area contributed by atoms with Gasteiger partial charge in [-0.05, 0) is 41.8 Å². The highest BCUT2D eigenvalue weighted by Crippen LogP contribution is 2.19. The van der Waals surface area contributed by atoms with Crippen LogP contribution in [0.25, 0.3) is 6.08 Å². The molecule has 0 aliphatic carbocycles. The van der Waals surface area contributed by atoms with E-state index in [1.807, 2.05) is 17.5 Å². The van der Waals surface area contributed by atoms with E-state index >= 15 is 0 Å². The molecule has 6 heteroatoms. The van der Waals surface area contributed by atoms with E-state index in [2.05, 4.69) is 0 Å². The minimum Gasteiger partial charge on any atom is -0.508 e. The molecule has 108 valence electrons. The summed E-state index contributed by atoms with van der Waals surface area (Å²) in [6.45, 7) is -0.446. The van der Waals surface area contributed by atoms with Crippen molar-refractivity contribution in [3.8, 4) is 5.75 Å². The van der Waals surface area contributed by atoms with Gasteiger partial charge in [0.1, 0.15) is 12.3 Å². The van der Waals surface area contributed by atoms with Crippen molar-refractivity contribution in [3.63, 3.8) is 0 Å². The van der Waals surface area contributed by atoms with E-state index < -0.39 is 18.4 Å². The SMILES string of the molecule is O=C(O)CN(C(=O)/C=C/c1cccs1)c1ccc(O)cc1. The number of aliphatic carboxylic acids is 1. The first kappa shape index (κ1) is 14.8. The molecule has 5 nitrogen and oxygen atoms in total. The molecule has 0 unspecified atom stereocenters. The summed E-state index contributed by atoms with van der Waals surface area (Å²) >= 11 is 1.48. The quantitative estimate of drug-likeness (QED) is 0.832. The van der Waals surface area contributed by atoms with Gasteiger partial charge in [-0.3, -0.25) is 14.5 Å². The molecule has 1 heterocycles. The summed E-state index contributed by atoms with van der Waals surface area (Å²) in [7, 11) is 0. The van der Waals surface area contributed by atoms with Gasteiger partial charge in [-0.15, -0.1) is 11.3 Å². The number of phenolic OH excluding ortho intramolecular Hbond substituents is 1. The standard InChI is InChI=1S/C15H13NO4S/c17-12-5-3-11(4-6-12)16(10-15(19)20)14(18)8-7-13-2-1-9-21-13/h1-9,17H,10H2,(H,19,20)/b8-7+. The molecule has 2 aromatic rings. The van der Waals surface area contributed by atoms with Crippen LogP contribution in [-0.2, 0) is 9.59 Å². The molecule has 0 aliphatic heterocycles. The lowest BCUT2D eigenvalue weighted by Crippen LogP contribution is -2.34. The van der Waals surface area contributed by atoms with E-state index in [1.54, 1.807) is 6.08 Å². The Morgan fingerprint density at radius 1 is 1.19 bits per heavy atom. The summed E-state index contributed by atoms with van der Waals surface area (Å²) in [5.74, 6) is -1.49. The molecule has 0 bridgehead atoms. The van der Waals surface area contributed by atoms with Crippen LogP contribution in [0.2, 0.25) is 0 Å². The molecular weight excluding hydrogens is 290 g/mol. The average Bonchev–Trinajstić information content (AvgIpc) is 2.96. The number of hydrogen-bond acceptors (Lipinski definition) is 4. The van der Waals surface area contributed by atoms with Crippen molar-refractivity contribution in [2.75, 3.05) is 11.4 Å². The fraction of sp³-hybridized carbons (Fsp3) is 0.0667. The highest BCUT2D eigenvalue weighted by Gasteiger charge is 2.16. The van der Waals surface area contributed by atoms with Crippen LogP contribution >= 0.6 is 11.3 Å². The van der Waals surface area contributed by atoms with Crippen LogP contribution in [0.4, 0.5) is 5.69 Å². The summed E-state index contributed by atoms with van der Waals surface area (Å²) in [5, 5.41) is 20.1. The zero-order valence-electron chi connectivity index (χ0n) is 11.0. The van der Waals surface area contributed by atoms with E-state index in [0.29, 0.717) is 5.69 Å². The van der Waals surface area contributed by atoms with E-state index in [0.717, 1.165) is 9.78 Å². The number of carboxylic acid groups (broad SMARTS) is 1. The minimum absolute atomic E-state index is 0.0515. The zero-order chi connectivity index (χ0) is 15.2. The molecule has 1 aromatic carbocycles. The number of rotatable bonds is 5. The molecule has 0 fully saturated rings. The molecule has 0 radical (unpaired) electrons. The monoisotopic (exact) mass is 303 g/mol. The second-order valence-corrected chi connectivity index (χ2v) is 5.16. The number of carbonyl (C=O) groups excluding carboxylic acids is 1. The van der Waals surface area contributed by atoms with Gasteiger partial charge in [0.15, 0.2) is 0 Å². The molecule has 1 amide bonds. The first-order valence-corrected chi connectivity index (χ1v) is 6.98. The third kappa shape index (κ3) is 4.19. The maximum absolute atomic E-state index is 12.2. The second kappa shape index (κ2) is 6.71. The number of nitrogens with zero attached hydrogens (tertiary/aromatic N) is 1. The number of carboxylic acids is 1. The lowest BCUT2D eigenvalue weighted by Gasteiger charge is -2.19. The fourth-order valence-corrected chi connectivity index (χ4v) is 2.31. The summed E-state index contributed by atoms with van der Waals surface area (Å²) in [5.41, 5.74) is 0.413. The predicted octanol–water partition coefficient (Wildman–Crippen LogP) is 2.58. The largest absolute Gasteiger partial charge is 0.508 e. The van der Waals surface area contributed by atoms with Gasteiger partial charge in [0.25, 0.3) is 5.91 Å². The molecule has 2 N–H and O–H groups in total. The molecule has 21 heavy (non-hydrogen) atoms. The Morgan fingerprint density at radius 2 is 1.90 bits per heavy atom. The van der Waals surface area contributed by atoms with Gasteiger partial charge in [0, 0.05) is 16.6 Å². The highest BCUT2D eigenvalue weighted by molar-refractivity contribution is 7.10. The van der Waals surface area contributed by atoms with E-state index in [1.165, 1.54) is 41.7 Å². The van der Waals surface area contributed by atoms with Crippen molar-refractivity contribution < 1.29 is 19.8 Å². The van der Waals surface area contributed by atoms with Crippen molar-refractivity contribution in [3.05, 3.63) is 52.7 Å². The molecule has 0 aliphatic rings. The van der Waals surface area contributed by atoms with Gasteiger partial charge in [0.05, 0.1) is 0 Å². The maximum Gasteiger partial charge on any atom is 0.323 e. The smallest absolute Gasteiger partial charge is 0.323 e. The van der Waals surface area contributed by atoms with Crippen LogP contribution in [0.15, 0.2) is 47.9 Å². The third-order valence-electron chi connectivity index (χ3n) is 2.65. The highest BCUT2D eigenvalue weighted by atomic mass is 32.1. The number of aromatic hydroxyl groups is 1. The Kier molecular flexibility index (Phi) is 4.73. The minimum atomic E-state index is -1.11. The predicted molar refractivity (Wildman–Crippen MR) is 81.4 cm³/mol. The van der Waals surface area contributed by atoms with Crippen LogP contribution in [0.1, 0.15) is 4.88 Å². The Labute approximate surface area is 125 Å². The average molecular weight is 303 g/mol. The number of anilines is 1. The Balaban J connectivity index is 2.20. The fourth-order valence-electron chi connectivity index (χ4n) is 1.69. The second-order valence-electron chi connectivity index (χ2n) is 4.18. The van der Waals surface area contributed by atoms with Gasteiger partial charge in [-0.2, -0.15) is 0 Å². The number of amides is 1. The van der Waals surface area contributed by atoms with E-state index in [-0.39, 0.29) is 5.75 Å². The molecular formula is C15H13NO4S. The molecule has 0 spiro atoms. The first-order chi connectivity index (χ1) is 10.1. The van der Waals surface area contributed by atoms with Gasteiger partial charge in [0.2, 0.25) is 0 Å². The number of phenols is 1. The van der Waals surface area contributed by atoms with Crippen molar-refractivity contribution in [1.82, 2.24) is 0 Å². The molecule has 1 aromatic heterocycles.